The van der Waals surface area contributed by atoms with Crippen LogP contribution in [-0.2, 0) is 0 Å². The summed E-state index contributed by atoms with van der Waals surface area (Å²) in [6.45, 7) is 0. The molecule has 0 saturated carbocycles. The molecule has 0 saturated heterocycles. The molecule has 1 heterocycles. The number of carbonyl (C=O) groups is 1. The largest absolute Gasteiger partial charge is 0.297 e. The summed E-state index contributed by atoms with van der Waals surface area (Å²) in [6, 6.07) is 5.00. The summed E-state index contributed by atoms with van der Waals surface area (Å²) in [5.74, 6) is -0.304. The number of benzene rings is 1. The Balaban J connectivity index is 2.83. The Morgan fingerprint density at radius 1 is 1.46 bits per heavy atom. The summed E-state index contributed by atoms with van der Waals surface area (Å²) < 4.78 is 14.6. The Labute approximate surface area is 86.3 Å². The van der Waals surface area contributed by atoms with E-state index in [4.69, 9.17) is 0 Å². The number of hydrogen-bond donors (Lipinski definition) is 0. The molecular weight excluding hydrogens is 255 g/mol. The fourth-order valence-corrected chi connectivity index (χ4v) is 2.35. The lowest BCUT2D eigenvalue weighted by atomic mass is 10.2. The van der Waals surface area contributed by atoms with Crippen molar-refractivity contribution in [3.8, 4) is 0 Å². The van der Waals surface area contributed by atoms with Gasteiger partial charge in [0.2, 0.25) is 0 Å². The smallest absolute Gasteiger partial charge is 0.160 e. The average Bonchev–Trinajstić information content (AvgIpc) is 2.55. The number of carbonyl (C=O) groups excluding carboxylic acids is 1. The zero-order chi connectivity index (χ0) is 9.42. The van der Waals surface area contributed by atoms with Crippen LogP contribution in [0, 0.1) is 5.82 Å². The van der Waals surface area contributed by atoms with E-state index in [1.807, 2.05) is 0 Å². The van der Waals surface area contributed by atoms with Crippen molar-refractivity contribution in [2.24, 2.45) is 0 Å². The van der Waals surface area contributed by atoms with E-state index in [-0.39, 0.29) is 5.82 Å². The maximum Gasteiger partial charge on any atom is 0.160 e. The second-order valence-corrected chi connectivity index (χ2v) is 4.51. The van der Waals surface area contributed by atoms with Gasteiger partial charge in [-0.2, -0.15) is 0 Å². The van der Waals surface area contributed by atoms with E-state index < -0.39 is 0 Å². The first-order chi connectivity index (χ1) is 6.22. The van der Waals surface area contributed by atoms with Crippen LogP contribution in [0.4, 0.5) is 4.39 Å². The van der Waals surface area contributed by atoms with Gasteiger partial charge in [-0.25, -0.2) is 4.39 Å². The number of halogens is 2. The molecule has 2 aromatic rings. The van der Waals surface area contributed by atoms with Crippen LogP contribution in [0.5, 0.6) is 0 Å². The number of thiophene rings is 1. The van der Waals surface area contributed by atoms with Crippen molar-refractivity contribution < 1.29 is 9.18 Å². The van der Waals surface area contributed by atoms with E-state index in [0.717, 1.165) is 11.0 Å². The molecule has 0 spiro atoms. The molecule has 0 fully saturated rings. The molecule has 0 radical (unpaired) electrons. The van der Waals surface area contributed by atoms with E-state index in [1.165, 1.54) is 11.3 Å². The highest BCUT2D eigenvalue weighted by Gasteiger charge is 2.08. The highest BCUT2D eigenvalue weighted by molar-refractivity contribution is 9.10. The van der Waals surface area contributed by atoms with Crippen molar-refractivity contribution in [1.82, 2.24) is 0 Å². The highest BCUT2D eigenvalue weighted by atomic mass is 79.9. The third kappa shape index (κ3) is 1.40. The molecule has 1 aromatic carbocycles. The SMILES string of the molecule is O=Cc1cc2c(F)c(Br)ccc2s1. The van der Waals surface area contributed by atoms with Gasteiger partial charge in [0.25, 0.3) is 0 Å². The third-order valence-corrected chi connectivity index (χ3v) is 3.36. The molecule has 13 heavy (non-hydrogen) atoms. The lowest BCUT2D eigenvalue weighted by Crippen LogP contribution is -1.76. The molecule has 2 rings (SSSR count). The molecule has 0 unspecified atom stereocenters. The molecule has 4 heteroatoms. The predicted octanol–water partition coefficient (Wildman–Crippen LogP) is 3.62. The first kappa shape index (κ1) is 8.84. The van der Waals surface area contributed by atoms with Gasteiger partial charge in [0.05, 0.1) is 9.35 Å². The normalized spacial score (nSPS) is 10.6. The third-order valence-electron chi connectivity index (χ3n) is 1.72. The molecule has 1 aromatic heterocycles. The monoisotopic (exact) mass is 258 g/mol. The molecule has 0 aliphatic rings. The van der Waals surface area contributed by atoms with Gasteiger partial charge in [0.1, 0.15) is 5.82 Å². The van der Waals surface area contributed by atoms with E-state index in [9.17, 15) is 9.18 Å². The molecule has 0 aliphatic heterocycles. The van der Waals surface area contributed by atoms with Crippen molar-refractivity contribution in [2.45, 2.75) is 0 Å². The van der Waals surface area contributed by atoms with Crippen LogP contribution in [0.2, 0.25) is 0 Å². The lowest BCUT2D eigenvalue weighted by Gasteiger charge is -1.93. The van der Waals surface area contributed by atoms with Gasteiger partial charge in [-0.3, -0.25) is 4.79 Å². The Morgan fingerprint density at radius 3 is 2.92 bits per heavy atom. The molecule has 66 valence electrons. The van der Waals surface area contributed by atoms with Crippen molar-refractivity contribution in [2.75, 3.05) is 0 Å². The second kappa shape index (κ2) is 3.20. The fourth-order valence-electron chi connectivity index (χ4n) is 1.13. The van der Waals surface area contributed by atoms with Gasteiger partial charge < -0.3 is 0 Å². The number of rotatable bonds is 1. The minimum absolute atomic E-state index is 0.304. The van der Waals surface area contributed by atoms with Crippen LogP contribution < -0.4 is 0 Å². The van der Waals surface area contributed by atoms with Crippen LogP contribution in [0.1, 0.15) is 9.67 Å². The molecule has 0 atom stereocenters. The zero-order valence-electron chi connectivity index (χ0n) is 6.38. The molecule has 1 nitrogen and oxygen atoms in total. The Bertz CT molecular complexity index is 478. The number of aldehydes is 1. The Hall–Kier alpha value is -0.740. The first-order valence-corrected chi connectivity index (χ1v) is 5.16. The van der Waals surface area contributed by atoms with Gasteiger partial charge >= 0.3 is 0 Å². The van der Waals surface area contributed by atoms with Crippen LogP contribution >= 0.6 is 27.3 Å². The summed E-state index contributed by atoms with van der Waals surface area (Å²) in [6.07, 6.45) is 0.734. The zero-order valence-corrected chi connectivity index (χ0v) is 8.78. The van der Waals surface area contributed by atoms with E-state index >= 15 is 0 Å². The van der Waals surface area contributed by atoms with Crippen LogP contribution in [-0.4, -0.2) is 6.29 Å². The summed E-state index contributed by atoms with van der Waals surface area (Å²) in [5.41, 5.74) is 0. The second-order valence-electron chi connectivity index (χ2n) is 2.54. The summed E-state index contributed by atoms with van der Waals surface area (Å²) in [4.78, 5) is 11.0. The predicted molar refractivity (Wildman–Crippen MR) is 54.9 cm³/mol. The molecule has 0 amide bonds. The standard InChI is InChI=1S/C9H4BrFOS/c10-7-1-2-8-6(9(7)11)3-5(4-12)13-8/h1-4H. The summed E-state index contributed by atoms with van der Waals surface area (Å²) in [5, 5.41) is 0.501. The minimum Gasteiger partial charge on any atom is -0.297 e. The topological polar surface area (TPSA) is 17.1 Å². The van der Waals surface area contributed by atoms with Crippen molar-refractivity contribution in [3.05, 3.63) is 33.4 Å². The quantitative estimate of drug-likeness (QED) is 0.715. The average molecular weight is 259 g/mol. The van der Waals surface area contributed by atoms with E-state index in [1.54, 1.807) is 18.2 Å². The maximum absolute atomic E-state index is 13.4. The number of fused-ring (bicyclic) bond motifs is 1. The lowest BCUT2D eigenvalue weighted by molar-refractivity contribution is 0.112. The Kier molecular flexibility index (Phi) is 2.17. The maximum atomic E-state index is 13.4. The molecule has 0 bridgehead atoms. The first-order valence-electron chi connectivity index (χ1n) is 3.55. The summed E-state index contributed by atoms with van der Waals surface area (Å²) in [7, 11) is 0. The van der Waals surface area contributed by atoms with E-state index in [2.05, 4.69) is 15.9 Å². The minimum atomic E-state index is -0.304. The molecule has 0 N–H and O–H groups in total. The van der Waals surface area contributed by atoms with Gasteiger partial charge in [-0.15, -0.1) is 11.3 Å². The van der Waals surface area contributed by atoms with Crippen LogP contribution in [0.3, 0.4) is 0 Å². The summed E-state index contributed by atoms with van der Waals surface area (Å²) >= 11 is 4.38. The van der Waals surface area contributed by atoms with Gasteiger partial charge in [0.15, 0.2) is 6.29 Å². The van der Waals surface area contributed by atoms with Crippen molar-refractivity contribution >= 4 is 43.6 Å². The van der Waals surface area contributed by atoms with Crippen LogP contribution in [0.25, 0.3) is 10.1 Å². The van der Waals surface area contributed by atoms with Crippen LogP contribution in [0.15, 0.2) is 22.7 Å². The molecule has 0 aliphatic carbocycles. The van der Waals surface area contributed by atoms with Crippen molar-refractivity contribution in [1.29, 1.82) is 0 Å². The van der Waals surface area contributed by atoms with Gasteiger partial charge in [-0.1, -0.05) is 0 Å². The molecular formula is C9H4BrFOS. The van der Waals surface area contributed by atoms with E-state index in [0.29, 0.717) is 14.7 Å². The highest BCUT2D eigenvalue weighted by Crippen LogP contribution is 2.30. The van der Waals surface area contributed by atoms with Gasteiger partial charge in [-0.05, 0) is 34.1 Å². The Morgan fingerprint density at radius 2 is 2.23 bits per heavy atom. The number of hydrogen-bond acceptors (Lipinski definition) is 2. The van der Waals surface area contributed by atoms with Gasteiger partial charge in [0, 0.05) is 10.1 Å². The van der Waals surface area contributed by atoms with Crippen molar-refractivity contribution in [3.63, 3.8) is 0 Å². The fraction of sp³-hybridized carbons (Fsp3) is 0.